The number of carbonyl (C=O) groups excluding carboxylic acids is 3. The van der Waals surface area contributed by atoms with Gasteiger partial charge < -0.3 is 26.4 Å². The first kappa shape index (κ1) is 26.6. The molecule has 36 heavy (non-hydrogen) atoms. The fourth-order valence-electron chi connectivity index (χ4n) is 3.50. The second kappa shape index (κ2) is 11.6. The summed E-state index contributed by atoms with van der Waals surface area (Å²) in [5.41, 5.74) is 11.9. The number of para-hydroxylation sites is 1. The lowest BCUT2D eigenvalue weighted by molar-refractivity contribution is -0.122. The summed E-state index contributed by atoms with van der Waals surface area (Å²) in [6.07, 6.45) is 0. The van der Waals surface area contributed by atoms with E-state index in [1.165, 1.54) is 25.3 Å². The molecule has 3 aromatic rings. The van der Waals surface area contributed by atoms with Crippen LogP contribution in [0.3, 0.4) is 0 Å². The summed E-state index contributed by atoms with van der Waals surface area (Å²) < 4.78 is 24.0. The van der Waals surface area contributed by atoms with Crippen molar-refractivity contribution in [1.29, 1.82) is 0 Å². The number of halogens is 1. The number of ether oxygens (including phenoxy) is 1. The van der Waals surface area contributed by atoms with E-state index in [0.717, 1.165) is 10.6 Å². The summed E-state index contributed by atoms with van der Waals surface area (Å²) in [5.74, 6) is -3.03. The van der Waals surface area contributed by atoms with Gasteiger partial charge in [-0.25, -0.2) is 4.39 Å². The maximum atomic E-state index is 15.1. The minimum Gasteiger partial charge on any atom is -0.395 e. The zero-order valence-corrected chi connectivity index (χ0v) is 20.8. The molecule has 1 aromatic heterocycles. The van der Waals surface area contributed by atoms with Gasteiger partial charge in [-0.1, -0.05) is 24.3 Å². The van der Waals surface area contributed by atoms with Gasteiger partial charge in [0.05, 0.1) is 18.0 Å². The summed E-state index contributed by atoms with van der Waals surface area (Å²) in [4.78, 5) is 41.8. The van der Waals surface area contributed by atoms with Crippen molar-refractivity contribution in [2.24, 2.45) is 5.73 Å². The Labute approximate surface area is 211 Å². The van der Waals surface area contributed by atoms with Crippen LogP contribution in [0.5, 0.6) is 0 Å². The van der Waals surface area contributed by atoms with Crippen molar-refractivity contribution in [3.8, 4) is 0 Å². The molecule has 190 valence electrons. The highest BCUT2D eigenvalue weighted by Crippen LogP contribution is 2.34. The van der Waals surface area contributed by atoms with Gasteiger partial charge in [-0.05, 0) is 41.4 Å². The molecule has 0 aliphatic carbocycles. The topological polar surface area (TPSA) is 144 Å². The standard InChI is InChI=1S/C24H27FN6O4S/c1-30(2)15-10-8-14(9-11-15)20(23(33)28-12-13-35-3)31(17-7-5-4-6-16(17)25)24(34)21-18(26)19(22(27)32)29-36-21/h4-11,20H,12-13,26H2,1-3H3,(H2,27,32)(H,28,33)/t20-/m0/s1. The SMILES string of the molecule is COCCNC(=O)[C@H](c1ccc(N(C)C)cc1)N(C(=O)c1snc(C(N)=O)c1N)c1ccccc1F. The van der Waals surface area contributed by atoms with E-state index < -0.39 is 29.6 Å². The van der Waals surface area contributed by atoms with Crippen LogP contribution >= 0.6 is 11.5 Å². The number of anilines is 3. The zero-order valence-electron chi connectivity index (χ0n) is 20.0. The Morgan fingerprint density at radius 3 is 2.36 bits per heavy atom. The third-order valence-electron chi connectivity index (χ3n) is 5.32. The summed E-state index contributed by atoms with van der Waals surface area (Å²) in [7, 11) is 5.21. The van der Waals surface area contributed by atoms with Gasteiger partial charge in [0.15, 0.2) is 5.69 Å². The molecular weight excluding hydrogens is 487 g/mol. The van der Waals surface area contributed by atoms with Crippen molar-refractivity contribution in [3.63, 3.8) is 0 Å². The average molecular weight is 515 g/mol. The van der Waals surface area contributed by atoms with E-state index in [2.05, 4.69) is 9.69 Å². The molecule has 0 aliphatic rings. The summed E-state index contributed by atoms with van der Waals surface area (Å²) >= 11 is 0.646. The van der Waals surface area contributed by atoms with Gasteiger partial charge in [-0.2, -0.15) is 4.37 Å². The molecule has 0 unspecified atom stereocenters. The zero-order chi connectivity index (χ0) is 26.4. The highest BCUT2D eigenvalue weighted by molar-refractivity contribution is 7.09. The fraction of sp³-hybridized carbons (Fsp3) is 0.250. The van der Waals surface area contributed by atoms with Crippen molar-refractivity contribution >= 4 is 46.3 Å². The number of nitrogen functional groups attached to an aromatic ring is 1. The molecule has 2 aromatic carbocycles. The minimum absolute atomic E-state index is 0.147. The predicted octanol–water partition coefficient (Wildman–Crippen LogP) is 2.18. The van der Waals surface area contributed by atoms with E-state index in [9.17, 15) is 14.4 Å². The largest absolute Gasteiger partial charge is 0.395 e. The van der Waals surface area contributed by atoms with E-state index >= 15 is 4.39 Å². The monoisotopic (exact) mass is 514 g/mol. The van der Waals surface area contributed by atoms with Gasteiger partial charge in [-0.15, -0.1) is 0 Å². The molecule has 0 fully saturated rings. The van der Waals surface area contributed by atoms with Crippen LogP contribution in [0.25, 0.3) is 0 Å². The van der Waals surface area contributed by atoms with Crippen molar-refractivity contribution < 1.29 is 23.5 Å². The van der Waals surface area contributed by atoms with E-state index in [-0.39, 0.29) is 35.1 Å². The Morgan fingerprint density at radius 2 is 1.81 bits per heavy atom. The molecule has 0 aliphatic heterocycles. The van der Waals surface area contributed by atoms with E-state index in [1.54, 1.807) is 30.3 Å². The molecule has 1 atom stereocenters. The van der Waals surface area contributed by atoms with Gasteiger partial charge in [-0.3, -0.25) is 19.3 Å². The van der Waals surface area contributed by atoms with Gasteiger partial charge in [0, 0.05) is 33.4 Å². The third-order valence-corrected chi connectivity index (χ3v) is 6.17. The van der Waals surface area contributed by atoms with Crippen LogP contribution in [0.15, 0.2) is 48.5 Å². The first-order chi connectivity index (χ1) is 17.2. The lowest BCUT2D eigenvalue weighted by atomic mass is 10.0. The van der Waals surface area contributed by atoms with Crippen LogP contribution in [0.2, 0.25) is 0 Å². The highest BCUT2D eigenvalue weighted by Gasteiger charge is 2.37. The minimum atomic E-state index is -1.29. The number of carbonyl (C=O) groups is 3. The number of aromatic nitrogens is 1. The Balaban J connectivity index is 2.20. The number of amides is 3. The third kappa shape index (κ3) is 5.61. The van der Waals surface area contributed by atoms with Gasteiger partial charge in [0.1, 0.15) is 16.7 Å². The molecule has 0 saturated heterocycles. The number of nitrogens with zero attached hydrogens (tertiary/aromatic N) is 3. The molecule has 0 bridgehead atoms. The quantitative estimate of drug-likeness (QED) is 0.352. The van der Waals surface area contributed by atoms with Gasteiger partial charge in [0.2, 0.25) is 5.91 Å². The van der Waals surface area contributed by atoms with Crippen LogP contribution in [0.1, 0.15) is 31.8 Å². The Kier molecular flexibility index (Phi) is 8.56. The van der Waals surface area contributed by atoms with Crippen molar-refractivity contribution in [1.82, 2.24) is 9.69 Å². The first-order valence-corrected chi connectivity index (χ1v) is 11.6. The number of nitrogens with one attached hydrogen (secondary N) is 1. The van der Waals surface area contributed by atoms with Crippen LogP contribution in [-0.4, -0.2) is 56.5 Å². The second-order valence-electron chi connectivity index (χ2n) is 7.94. The second-order valence-corrected chi connectivity index (χ2v) is 8.71. The van der Waals surface area contributed by atoms with E-state index in [4.69, 9.17) is 16.2 Å². The number of hydrogen-bond acceptors (Lipinski definition) is 8. The predicted molar refractivity (Wildman–Crippen MR) is 137 cm³/mol. The van der Waals surface area contributed by atoms with Crippen molar-refractivity contribution in [2.45, 2.75) is 6.04 Å². The van der Waals surface area contributed by atoms with Crippen LogP contribution in [-0.2, 0) is 9.53 Å². The van der Waals surface area contributed by atoms with Crippen LogP contribution < -0.4 is 26.6 Å². The van der Waals surface area contributed by atoms with Crippen LogP contribution in [0, 0.1) is 5.82 Å². The number of nitrogens with two attached hydrogens (primary N) is 2. The number of hydrogen-bond donors (Lipinski definition) is 3. The maximum Gasteiger partial charge on any atom is 0.273 e. The normalized spacial score (nSPS) is 11.6. The molecule has 1 heterocycles. The fourth-order valence-corrected chi connectivity index (χ4v) is 4.24. The molecule has 10 nitrogen and oxygen atoms in total. The summed E-state index contributed by atoms with van der Waals surface area (Å²) in [6.45, 7) is 0.394. The first-order valence-electron chi connectivity index (χ1n) is 10.8. The summed E-state index contributed by atoms with van der Waals surface area (Å²) in [5, 5.41) is 2.73. The molecule has 0 saturated carbocycles. The number of benzene rings is 2. The molecule has 3 rings (SSSR count). The highest BCUT2D eigenvalue weighted by atomic mass is 32.1. The van der Waals surface area contributed by atoms with E-state index in [0.29, 0.717) is 17.1 Å². The smallest absolute Gasteiger partial charge is 0.273 e. The molecule has 0 radical (unpaired) electrons. The van der Waals surface area contributed by atoms with Crippen LogP contribution in [0.4, 0.5) is 21.5 Å². The van der Waals surface area contributed by atoms with E-state index in [1.807, 2.05) is 19.0 Å². The lowest BCUT2D eigenvalue weighted by Gasteiger charge is -2.31. The van der Waals surface area contributed by atoms with Gasteiger partial charge >= 0.3 is 0 Å². The summed E-state index contributed by atoms with van der Waals surface area (Å²) in [6, 6.07) is 11.2. The van der Waals surface area contributed by atoms with Gasteiger partial charge in [0.25, 0.3) is 11.8 Å². The van der Waals surface area contributed by atoms with Crippen molar-refractivity contribution in [3.05, 3.63) is 70.5 Å². The number of rotatable bonds is 10. The molecule has 0 spiro atoms. The Morgan fingerprint density at radius 1 is 1.14 bits per heavy atom. The molecule has 12 heteroatoms. The number of methoxy groups -OCH3 is 1. The lowest BCUT2D eigenvalue weighted by Crippen LogP contribution is -2.45. The average Bonchev–Trinajstić information content (AvgIpc) is 3.24. The molecular formula is C24H27FN6O4S. The van der Waals surface area contributed by atoms with Crippen molar-refractivity contribution in [2.75, 3.05) is 49.9 Å². The Hall–Kier alpha value is -4.03. The Bertz CT molecular complexity index is 1250. The molecule has 3 amide bonds. The molecule has 5 N–H and O–H groups in total. The maximum absolute atomic E-state index is 15.1. The number of primary amides is 1.